The van der Waals surface area contributed by atoms with Crippen molar-refractivity contribution in [1.29, 1.82) is 0 Å². The maximum absolute atomic E-state index is 15.4. The molecule has 0 atom stereocenters. The van der Waals surface area contributed by atoms with Crippen LogP contribution in [0.1, 0.15) is 13.3 Å². The molecular formula is C15H17FOSi. The highest BCUT2D eigenvalue weighted by molar-refractivity contribution is 6.92. The van der Waals surface area contributed by atoms with Crippen LogP contribution in [-0.2, 0) is 4.43 Å². The van der Waals surface area contributed by atoms with Gasteiger partial charge in [0.05, 0.1) is 0 Å². The fourth-order valence-corrected chi connectivity index (χ4v) is 4.28. The van der Waals surface area contributed by atoms with E-state index in [2.05, 4.69) is 0 Å². The van der Waals surface area contributed by atoms with Crippen LogP contribution in [0.3, 0.4) is 0 Å². The molecule has 0 aliphatic carbocycles. The van der Waals surface area contributed by atoms with E-state index >= 15 is 4.11 Å². The van der Waals surface area contributed by atoms with Crippen molar-refractivity contribution >= 4 is 19.0 Å². The van der Waals surface area contributed by atoms with Crippen molar-refractivity contribution in [3.63, 3.8) is 0 Å². The zero-order chi connectivity index (χ0) is 12.8. The van der Waals surface area contributed by atoms with Crippen molar-refractivity contribution in [3.8, 4) is 0 Å². The Morgan fingerprint density at radius 3 is 1.72 bits per heavy atom. The molecule has 0 saturated carbocycles. The van der Waals surface area contributed by atoms with Crippen LogP contribution >= 0.6 is 0 Å². The number of hydrogen-bond acceptors (Lipinski definition) is 1. The van der Waals surface area contributed by atoms with Gasteiger partial charge in [-0.05, 0) is 6.42 Å². The molecule has 0 bridgehead atoms. The van der Waals surface area contributed by atoms with Gasteiger partial charge in [-0.15, -0.1) is 0 Å². The maximum atomic E-state index is 15.4. The van der Waals surface area contributed by atoms with Crippen molar-refractivity contribution < 1.29 is 8.53 Å². The van der Waals surface area contributed by atoms with E-state index in [1.54, 1.807) is 0 Å². The molecule has 18 heavy (non-hydrogen) atoms. The van der Waals surface area contributed by atoms with Crippen LogP contribution in [0.5, 0.6) is 0 Å². The zero-order valence-electron chi connectivity index (χ0n) is 10.5. The summed E-state index contributed by atoms with van der Waals surface area (Å²) in [6, 6.07) is 18.5. The Morgan fingerprint density at radius 2 is 1.33 bits per heavy atom. The first-order chi connectivity index (χ1) is 8.77. The van der Waals surface area contributed by atoms with Crippen molar-refractivity contribution in [3.05, 3.63) is 60.7 Å². The summed E-state index contributed by atoms with van der Waals surface area (Å²) in [7, 11) is -3.52. The van der Waals surface area contributed by atoms with Crippen molar-refractivity contribution in [2.45, 2.75) is 13.3 Å². The quantitative estimate of drug-likeness (QED) is 0.593. The lowest BCUT2D eigenvalue weighted by Gasteiger charge is -2.23. The molecule has 0 unspecified atom stereocenters. The van der Waals surface area contributed by atoms with Crippen molar-refractivity contribution in [2.24, 2.45) is 0 Å². The van der Waals surface area contributed by atoms with Crippen molar-refractivity contribution in [2.75, 3.05) is 6.61 Å². The zero-order valence-corrected chi connectivity index (χ0v) is 11.5. The standard InChI is InChI=1S/C15H17FOSi/c1-2-13-17-18(16,14-9-5-3-6-10-14)15-11-7-4-8-12-15/h3-12H,2,13H2,1H3. The van der Waals surface area contributed by atoms with Crippen LogP contribution in [0.15, 0.2) is 60.7 Å². The van der Waals surface area contributed by atoms with Gasteiger partial charge in [-0.25, -0.2) is 0 Å². The minimum Gasteiger partial charge on any atom is -0.385 e. The van der Waals surface area contributed by atoms with E-state index in [1.807, 2.05) is 67.6 Å². The molecule has 3 heteroatoms. The Bertz CT molecular complexity index is 433. The molecule has 2 aromatic carbocycles. The summed E-state index contributed by atoms with van der Waals surface area (Å²) in [5, 5.41) is 1.34. The van der Waals surface area contributed by atoms with Crippen molar-refractivity contribution in [1.82, 2.24) is 0 Å². The van der Waals surface area contributed by atoms with Crippen LogP contribution in [0.2, 0.25) is 0 Å². The fraction of sp³-hybridized carbons (Fsp3) is 0.200. The molecule has 94 valence electrons. The summed E-state index contributed by atoms with van der Waals surface area (Å²) in [5.74, 6) is 0. The van der Waals surface area contributed by atoms with Gasteiger partial charge in [0.1, 0.15) is 0 Å². The third-order valence-electron chi connectivity index (χ3n) is 2.80. The van der Waals surface area contributed by atoms with Gasteiger partial charge in [0.15, 0.2) is 0 Å². The molecule has 0 radical (unpaired) electrons. The second kappa shape index (κ2) is 5.93. The highest BCUT2D eigenvalue weighted by atomic mass is 28.4. The monoisotopic (exact) mass is 260 g/mol. The average Bonchev–Trinajstić information content (AvgIpc) is 2.46. The predicted octanol–water partition coefficient (Wildman–Crippen LogP) is 2.64. The number of benzene rings is 2. The van der Waals surface area contributed by atoms with Crippen LogP contribution in [0.4, 0.5) is 4.11 Å². The number of hydrogen-bond donors (Lipinski definition) is 0. The summed E-state index contributed by atoms with van der Waals surface area (Å²) in [5.41, 5.74) is 0. The smallest absolute Gasteiger partial charge is 0.385 e. The van der Waals surface area contributed by atoms with Gasteiger partial charge in [-0.1, -0.05) is 67.6 Å². The summed E-state index contributed by atoms with van der Waals surface area (Å²) < 4.78 is 21.0. The molecule has 0 heterocycles. The molecule has 0 amide bonds. The highest BCUT2D eigenvalue weighted by Gasteiger charge is 2.41. The van der Waals surface area contributed by atoms with E-state index in [0.29, 0.717) is 17.0 Å². The van der Waals surface area contributed by atoms with Crippen LogP contribution in [-0.4, -0.2) is 15.3 Å². The molecule has 0 fully saturated rings. The Balaban J connectivity index is 2.41. The van der Waals surface area contributed by atoms with E-state index in [0.717, 1.165) is 6.42 Å². The Hall–Kier alpha value is -1.45. The predicted molar refractivity (Wildman–Crippen MR) is 75.3 cm³/mol. The lowest BCUT2D eigenvalue weighted by molar-refractivity contribution is 0.286. The third-order valence-corrected chi connectivity index (χ3v) is 5.55. The first-order valence-electron chi connectivity index (χ1n) is 6.21. The fourth-order valence-electron chi connectivity index (χ4n) is 1.88. The Morgan fingerprint density at radius 1 is 0.889 bits per heavy atom. The highest BCUT2D eigenvalue weighted by Crippen LogP contribution is 2.09. The molecular weight excluding hydrogens is 243 g/mol. The topological polar surface area (TPSA) is 9.23 Å². The number of halogens is 1. The van der Waals surface area contributed by atoms with Crippen LogP contribution in [0.25, 0.3) is 0 Å². The minimum atomic E-state index is -3.52. The SMILES string of the molecule is CCCO[Si](F)(c1ccccc1)c1ccccc1. The van der Waals surface area contributed by atoms with Gasteiger partial charge in [0.2, 0.25) is 0 Å². The molecule has 0 N–H and O–H groups in total. The van der Waals surface area contributed by atoms with Gasteiger partial charge >= 0.3 is 8.65 Å². The maximum Gasteiger partial charge on any atom is 0.448 e. The van der Waals surface area contributed by atoms with Crippen LogP contribution in [0, 0.1) is 0 Å². The minimum absolute atomic E-state index is 0.451. The third kappa shape index (κ3) is 2.68. The summed E-state index contributed by atoms with van der Waals surface area (Å²) in [6.45, 7) is 2.44. The summed E-state index contributed by atoms with van der Waals surface area (Å²) in [4.78, 5) is 0. The second-order valence-electron chi connectivity index (χ2n) is 4.18. The average molecular weight is 260 g/mol. The van der Waals surface area contributed by atoms with Gasteiger partial charge in [-0.3, -0.25) is 4.11 Å². The largest absolute Gasteiger partial charge is 0.448 e. The molecule has 0 aliphatic rings. The van der Waals surface area contributed by atoms with E-state index in [9.17, 15) is 0 Å². The van der Waals surface area contributed by atoms with Gasteiger partial charge in [0, 0.05) is 17.0 Å². The lowest BCUT2D eigenvalue weighted by atomic mass is 10.4. The Labute approximate surface area is 109 Å². The van der Waals surface area contributed by atoms with E-state index in [-0.39, 0.29) is 0 Å². The summed E-state index contributed by atoms with van der Waals surface area (Å²) >= 11 is 0. The normalized spacial score (nSPS) is 11.4. The molecule has 1 nitrogen and oxygen atoms in total. The number of rotatable bonds is 5. The van der Waals surface area contributed by atoms with E-state index in [4.69, 9.17) is 4.43 Å². The first kappa shape index (κ1) is 13.0. The van der Waals surface area contributed by atoms with Gasteiger partial charge in [-0.2, -0.15) is 0 Å². The van der Waals surface area contributed by atoms with Gasteiger partial charge in [0.25, 0.3) is 0 Å². The molecule has 0 spiro atoms. The van der Waals surface area contributed by atoms with Gasteiger partial charge < -0.3 is 4.43 Å². The molecule has 2 rings (SSSR count). The second-order valence-corrected chi connectivity index (χ2v) is 6.81. The van der Waals surface area contributed by atoms with E-state index in [1.165, 1.54) is 0 Å². The molecule has 2 aromatic rings. The molecule has 0 saturated heterocycles. The van der Waals surface area contributed by atoms with E-state index < -0.39 is 8.65 Å². The first-order valence-corrected chi connectivity index (χ1v) is 8.00. The summed E-state index contributed by atoms with van der Waals surface area (Å²) in [6.07, 6.45) is 0.818. The lowest BCUT2D eigenvalue weighted by Crippen LogP contribution is -2.57. The Kier molecular flexibility index (Phi) is 4.28. The molecule has 0 aromatic heterocycles. The van der Waals surface area contributed by atoms with Crippen LogP contribution < -0.4 is 10.4 Å². The molecule has 0 aliphatic heterocycles.